The Morgan fingerprint density at radius 1 is 1.17 bits per heavy atom. The van der Waals surface area contributed by atoms with Gasteiger partial charge >= 0.3 is 0 Å². The number of pyridine rings is 1. The summed E-state index contributed by atoms with van der Waals surface area (Å²) in [4.78, 5) is 6.90. The van der Waals surface area contributed by atoms with Gasteiger partial charge in [0.25, 0.3) is 0 Å². The number of nitrogens with zero attached hydrogens (tertiary/aromatic N) is 4. The number of fused-ring (bicyclic) bond motifs is 1. The molecule has 0 aliphatic carbocycles. The summed E-state index contributed by atoms with van der Waals surface area (Å²) < 4.78 is 4.61. The van der Waals surface area contributed by atoms with Crippen LogP contribution in [-0.2, 0) is 0 Å². The number of hydrogen-bond donors (Lipinski definition) is 0. The fourth-order valence-corrected chi connectivity index (χ4v) is 2.94. The summed E-state index contributed by atoms with van der Waals surface area (Å²) in [6.07, 6.45) is 6.30. The topological polar surface area (TPSA) is 23.8 Å². The Morgan fingerprint density at radius 3 is 2.67 bits per heavy atom. The van der Waals surface area contributed by atoms with Crippen molar-refractivity contribution in [2.24, 2.45) is 0 Å². The minimum atomic E-state index is 1.03. The first-order valence-corrected chi connectivity index (χ1v) is 7.44. The van der Waals surface area contributed by atoms with Crippen molar-refractivity contribution >= 4 is 23.4 Å². The summed E-state index contributed by atoms with van der Waals surface area (Å²) in [6, 6.07) is 4.19. The van der Waals surface area contributed by atoms with Crippen LogP contribution < -0.4 is 4.90 Å². The molecule has 3 heterocycles. The van der Waals surface area contributed by atoms with Gasteiger partial charge in [-0.05, 0) is 24.8 Å². The van der Waals surface area contributed by atoms with E-state index in [1.54, 1.807) is 0 Å². The molecule has 1 fully saturated rings. The fourth-order valence-electron chi connectivity index (χ4n) is 2.41. The van der Waals surface area contributed by atoms with Gasteiger partial charge in [0.1, 0.15) is 11.5 Å². The van der Waals surface area contributed by atoms with E-state index in [4.69, 9.17) is 0 Å². The number of imidazole rings is 1. The molecule has 18 heavy (non-hydrogen) atoms. The number of rotatable bonds is 2. The standard InChI is InChI=1S/C13H18N4S/c1-11-3-4-12-14-9-13(17(12)10-11)15-5-7-16(18-2)8-6-15/h3-4,9-10H,5-8H2,1-2H3. The van der Waals surface area contributed by atoms with Crippen LogP contribution in [0.15, 0.2) is 24.5 Å². The van der Waals surface area contributed by atoms with Crippen molar-refractivity contribution in [3.8, 4) is 0 Å². The van der Waals surface area contributed by atoms with Gasteiger partial charge in [-0.25, -0.2) is 9.29 Å². The Balaban J connectivity index is 1.88. The molecule has 2 aromatic heterocycles. The molecule has 1 aliphatic heterocycles. The first kappa shape index (κ1) is 11.9. The van der Waals surface area contributed by atoms with Crippen molar-refractivity contribution in [2.45, 2.75) is 6.92 Å². The summed E-state index contributed by atoms with van der Waals surface area (Å²) in [6.45, 7) is 6.49. The molecule has 0 bridgehead atoms. The van der Waals surface area contributed by atoms with Crippen molar-refractivity contribution < 1.29 is 0 Å². The molecule has 0 N–H and O–H groups in total. The van der Waals surface area contributed by atoms with Crippen LogP contribution in [0, 0.1) is 6.92 Å². The molecule has 0 amide bonds. The number of aryl methyl sites for hydroxylation is 1. The molecule has 0 unspecified atom stereocenters. The summed E-state index contributed by atoms with van der Waals surface area (Å²) >= 11 is 1.84. The van der Waals surface area contributed by atoms with E-state index in [1.165, 1.54) is 11.4 Å². The Bertz CT molecular complexity index is 543. The zero-order valence-electron chi connectivity index (χ0n) is 10.8. The molecule has 0 spiro atoms. The Labute approximate surface area is 112 Å². The van der Waals surface area contributed by atoms with Crippen LogP contribution in [0.25, 0.3) is 5.65 Å². The van der Waals surface area contributed by atoms with E-state index >= 15 is 0 Å². The van der Waals surface area contributed by atoms with Crippen LogP contribution in [0.4, 0.5) is 5.82 Å². The normalized spacial score (nSPS) is 17.6. The van der Waals surface area contributed by atoms with Gasteiger partial charge in [0.15, 0.2) is 0 Å². The Kier molecular flexibility index (Phi) is 3.18. The molecule has 0 radical (unpaired) electrons. The van der Waals surface area contributed by atoms with E-state index in [1.807, 2.05) is 18.1 Å². The highest BCUT2D eigenvalue weighted by Gasteiger charge is 2.18. The van der Waals surface area contributed by atoms with Crippen molar-refractivity contribution in [1.29, 1.82) is 0 Å². The second-order valence-corrected chi connectivity index (χ2v) is 5.53. The lowest BCUT2D eigenvalue weighted by Crippen LogP contribution is -2.43. The third-order valence-electron chi connectivity index (χ3n) is 3.45. The van der Waals surface area contributed by atoms with Gasteiger partial charge in [-0.2, -0.15) is 0 Å². The van der Waals surface area contributed by atoms with Gasteiger partial charge in [-0.1, -0.05) is 18.0 Å². The van der Waals surface area contributed by atoms with E-state index in [0.717, 1.165) is 31.8 Å². The van der Waals surface area contributed by atoms with E-state index < -0.39 is 0 Å². The van der Waals surface area contributed by atoms with Crippen molar-refractivity contribution in [2.75, 3.05) is 37.3 Å². The van der Waals surface area contributed by atoms with E-state index in [2.05, 4.69) is 50.1 Å². The van der Waals surface area contributed by atoms with Crippen molar-refractivity contribution in [3.05, 3.63) is 30.1 Å². The van der Waals surface area contributed by atoms with Gasteiger partial charge in [0.05, 0.1) is 6.20 Å². The minimum absolute atomic E-state index is 1.03. The number of hydrogen-bond acceptors (Lipinski definition) is 4. The lowest BCUT2D eigenvalue weighted by molar-refractivity contribution is 0.429. The molecule has 4 nitrogen and oxygen atoms in total. The molecule has 1 saturated heterocycles. The van der Waals surface area contributed by atoms with Crippen molar-refractivity contribution in [3.63, 3.8) is 0 Å². The maximum Gasteiger partial charge on any atom is 0.138 e. The summed E-state index contributed by atoms with van der Waals surface area (Å²) in [7, 11) is 0. The van der Waals surface area contributed by atoms with Gasteiger partial charge in [-0.3, -0.25) is 4.40 Å². The number of aromatic nitrogens is 2. The fraction of sp³-hybridized carbons (Fsp3) is 0.462. The van der Waals surface area contributed by atoms with Crippen molar-refractivity contribution in [1.82, 2.24) is 13.7 Å². The largest absolute Gasteiger partial charge is 0.354 e. The third-order valence-corrected chi connectivity index (χ3v) is 4.34. The lowest BCUT2D eigenvalue weighted by atomic mass is 10.3. The number of piperazine rings is 1. The molecular weight excluding hydrogens is 244 g/mol. The smallest absolute Gasteiger partial charge is 0.138 e. The Hall–Kier alpha value is -1.20. The molecular formula is C13H18N4S. The summed E-state index contributed by atoms with van der Waals surface area (Å²) in [5, 5.41) is 0. The summed E-state index contributed by atoms with van der Waals surface area (Å²) in [5.41, 5.74) is 2.30. The maximum absolute atomic E-state index is 4.48. The van der Waals surface area contributed by atoms with E-state index in [-0.39, 0.29) is 0 Å². The highest BCUT2D eigenvalue weighted by atomic mass is 32.2. The quantitative estimate of drug-likeness (QED) is 0.773. The number of anilines is 1. The van der Waals surface area contributed by atoms with Gasteiger partial charge < -0.3 is 4.90 Å². The van der Waals surface area contributed by atoms with Crippen LogP contribution >= 0.6 is 11.9 Å². The second kappa shape index (κ2) is 4.82. The monoisotopic (exact) mass is 262 g/mol. The van der Waals surface area contributed by atoms with Crippen LogP contribution in [0.1, 0.15) is 5.56 Å². The molecule has 1 aliphatic rings. The highest BCUT2D eigenvalue weighted by Crippen LogP contribution is 2.20. The van der Waals surface area contributed by atoms with Crippen LogP contribution in [0.5, 0.6) is 0 Å². The summed E-state index contributed by atoms with van der Waals surface area (Å²) in [5.74, 6) is 1.22. The molecule has 5 heteroatoms. The first-order chi connectivity index (χ1) is 8.78. The molecule has 96 valence electrons. The van der Waals surface area contributed by atoms with Crippen LogP contribution in [-0.4, -0.2) is 46.1 Å². The second-order valence-electron chi connectivity index (χ2n) is 4.65. The van der Waals surface area contributed by atoms with E-state index in [0.29, 0.717) is 0 Å². The van der Waals surface area contributed by atoms with Gasteiger partial charge in [0.2, 0.25) is 0 Å². The molecule has 2 aromatic rings. The minimum Gasteiger partial charge on any atom is -0.354 e. The third kappa shape index (κ3) is 2.08. The van der Waals surface area contributed by atoms with Gasteiger partial charge in [0, 0.05) is 32.4 Å². The molecule has 0 aromatic carbocycles. The maximum atomic E-state index is 4.48. The van der Waals surface area contributed by atoms with Gasteiger partial charge in [-0.15, -0.1) is 0 Å². The lowest BCUT2D eigenvalue weighted by Gasteiger charge is -2.34. The molecule has 0 atom stereocenters. The zero-order valence-corrected chi connectivity index (χ0v) is 11.7. The van der Waals surface area contributed by atoms with Crippen LogP contribution in [0.3, 0.4) is 0 Å². The predicted molar refractivity (Wildman–Crippen MR) is 77.2 cm³/mol. The van der Waals surface area contributed by atoms with Crippen LogP contribution in [0.2, 0.25) is 0 Å². The average Bonchev–Trinajstić information content (AvgIpc) is 2.82. The van der Waals surface area contributed by atoms with E-state index in [9.17, 15) is 0 Å². The SMILES string of the molecule is CSN1CCN(c2cnc3ccc(C)cn23)CC1. The highest BCUT2D eigenvalue weighted by molar-refractivity contribution is 7.96. The molecule has 0 saturated carbocycles. The zero-order chi connectivity index (χ0) is 12.5. The Morgan fingerprint density at radius 2 is 1.94 bits per heavy atom. The molecule has 3 rings (SSSR count). The first-order valence-electron chi connectivity index (χ1n) is 6.25. The average molecular weight is 262 g/mol. The predicted octanol–water partition coefficient (Wildman–Crippen LogP) is 2.04.